The maximum atomic E-state index is 12.4. The van der Waals surface area contributed by atoms with Crippen molar-refractivity contribution in [3.8, 4) is 23.0 Å². The zero-order valence-electron chi connectivity index (χ0n) is 21.1. The fraction of sp³-hybridized carbons (Fsp3) is 0.440. The van der Waals surface area contributed by atoms with Crippen molar-refractivity contribution in [2.75, 3.05) is 27.3 Å². The van der Waals surface area contributed by atoms with Crippen molar-refractivity contribution >= 4 is 11.8 Å². The average Bonchev–Trinajstić information content (AvgIpc) is 2.86. The molecule has 0 saturated carbocycles. The van der Waals surface area contributed by atoms with Gasteiger partial charge in [0.25, 0.3) is 11.8 Å². The normalized spacial score (nSPS) is 11.5. The number of alkyl halides is 6. The van der Waals surface area contributed by atoms with Gasteiger partial charge in [0.1, 0.15) is 0 Å². The van der Waals surface area contributed by atoms with E-state index in [4.69, 9.17) is 9.47 Å². The minimum absolute atomic E-state index is 0.122. The first kappa shape index (κ1) is 31.4. The Morgan fingerprint density at radius 1 is 0.615 bits per heavy atom. The van der Waals surface area contributed by atoms with Crippen LogP contribution >= 0.6 is 0 Å². The molecule has 14 heteroatoms. The van der Waals surface area contributed by atoms with Gasteiger partial charge in [-0.05, 0) is 49.2 Å². The van der Waals surface area contributed by atoms with Gasteiger partial charge < -0.3 is 29.6 Å². The summed E-state index contributed by atoms with van der Waals surface area (Å²) < 4.78 is 92.0. The molecule has 0 heterocycles. The Morgan fingerprint density at radius 2 is 0.974 bits per heavy atom. The van der Waals surface area contributed by atoms with Gasteiger partial charge in [-0.3, -0.25) is 9.59 Å². The predicted molar refractivity (Wildman–Crippen MR) is 127 cm³/mol. The molecule has 216 valence electrons. The number of unbranched alkanes of at least 4 members (excludes halogenated alkanes) is 4. The highest BCUT2D eigenvalue weighted by Gasteiger charge is 2.33. The third-order valence-corrected chi connectivity index (χ3v) is 5.23. The lowest BCUT2D eigenvalue weighted by Gasteiger charge is -2.13. The van der Waals surface area contributed by atoms with E-state index in [0.29, 0.717) is 25.9 Å². The molecule has 39 heavy (non-hydrogen) atoms. The van der Waals surface area contributed by atoms with Crippen LogP contribution in [0.1, 0.15) is 52.8 Å². The molecule has 0 aromatic heterocycles. The van der Waals surface area contributed by atoms with Crippen LogP contribution in [0.2, 0.25) is 0 Å². The second-order valence-corrected chi connectivity index (χ2v) is 8.11. The summed E-state index contributed by atoms with van der Waals surface area (Å²) in [5, 5.41) is 5.37. The van der Waals surface area contributed by atoms with E-state index in [1.165, 1.54) is 12.1 Å². The van der Waals surface area contributed by atoms with E-state index in [1.807, 2.05) is 0 Å². The number of rotatable bonds is 14. The Labute approximate surface area is 220 Å². The van der Waals surface area contributed by atoms with Gasteiger partial charge in [0.05, 0.1) is 14.2 Å². The van der Waals surface area contributed by atoms with Gasteiger partial charge in [-0.2, -0.15) is 0 Å². The van der Waals surface area contributed by atoms with Crippen molar-refractivity contribution in [1.29, 1.82) is 0 Å². The summed E-state index contributed by atoms with van der Waals surface area (Å²) in [7, 11) is 2.33. The van der Waals surface area contributed by atoms with Crippen LogP contribution in [0.5, 0.6) is 23.0 Å². The summed E-state index contributed by atoms with van der Waals surface area (Å²) in [6, 6.07) is 6.74. The first-order valence-electron chi connectivity index (χ1n) is 11.8. The molecule has 0 aliphatic heterocycles. The quantitative estimate of drug-likeness (QED) is 0.228. The molecule has 0 fully saturated rings. The topological polar surface area (TPSA) is 95.1 Å². The Morgan fingerprint density at radius 3 is 1.31 bits per heavy atom. The highest BCUT2D eigenvalue weighted by atomic mass is 19.4. The Bertz CT molecular complexity index is 1020. The Hall–Kier alpha value is -3.84. The molecule has 0 unspecified atom stereocenters. The summed E-state index contributed by atoms with van der Waals surface area (Å²) in [5.41, 5.74) is 0.245. The summed E-state index contributed by atoms with van der Waals surface area (Å²) in [5.74, 6) is -2.48. The van der Waals surface area contributed by atoms with Crippen molar-refractivity contribution in [1.82, 2.24) is 10.6 Å². The van der Waals surface area contributed by atoms with Crippen LogP contribution in [-0.2, 0) is 0 Å². The molecule has 2 amide bonds. The standard InChI is InChI=1S/C25H28F6N2O6/c1-36-20-14-16(8-10-18(20)38-24(26,27)28)22(34)32-12-6-4-3-5-7-13-33-23(35)17-9-11-19(21(15-17)37-2)39-25(29,30)31/h8-11,14-15H,3-7,12-13H2,1-2H3,(H,32,34)(H,33,35). The van der Waals surface area contributed by atoms with E-state index in [2.05, 4.69) is 20.1 Å². The number of amides is 2. The van der Waals surface area contributed by atoms with E-state index in [0.717, 1.165) is 57.7 Å². The van der Waals surface area contributed by atoms with Crippen molar-refractivity contribution in [3.63, 3.8) is 0 Å². The van der Waals surface area contributed by atoms with Crippen LogP contribution in [0.15, 0.2) is 36.4 Å². The SMILES string of the molecule is COc1cc(C(=O)NCCCCCCCNC(=O)c2ccc(OC(F)(F)F)c(OC)c2)ccc1OC(F)(F)F. The number of hydrogen-bond donors (Lipinski definition) is 2. The van der Waals surface area contributed by atoms with Gasteiger partial charge in [0.15, 0.2) is 23.0 Å². The van der Waals surface area contributed by atoms with E-state index in [9.17, 15) is 35.9 Å². The van der Waals surface area contributed by atoms with E-state index < -0.39 is 36.0 Å². The number of hydrogen-bond acceptors (Lipinski definition) is 6. The molecule has 0 spiro atoms. The summed E-state index contributed by atoms with van der Waals surface area (Å²) in [6.07, 6.45) is -6.06. The maximum absolute atomic E-state index is 12.4. The Balaban J connectivity index is 1.65. The minimum Gasteiger partial charge on any atom is -0.493 e. The number of nitrogens with one attached hydrogen (secondary N) is 2. The van der Waals surface area contributed by atoms with Crippen molar-refractivity contribution in [2.24, 2.45) is 0 Å². The highest BCUT2D eigenvalue weighted by Crippen LogP contribution is 2.34. The number of halogens is 6. The monoisotopic (exact) mass is 566 g/mol. The van der Waals surface area contributed by atoms with Crippen LogP contribution in [0.4, 0.5) is 26.3 Å². The summed E-state index contributed by atoms with van der Waals surface area (Å²) in [6.45, 7) is 0.711. The first-order valence-corrected chi connectivity index (χ1v) is 11.8. The number of carbonyl (C=O) groups excluding carboxylic acids is 2. The van der Waals surface area contributed by atoms with E-state index >= 15 is 0 Å². The lowest BCUT2D eigenvalue weighted by Crippen LogP contribution is -2.25. The smallest absolute Gasteiger partial charge is 0.493 e. The second-order valence-electron chi connectivity index (χ2n) is 8.11. The van der Waals surface area contributed by atoms with E-state index in [1.54, 1.807) is 0 Å². The molecule has 2 aromatic rings. The third kappa shape index (κ3) is 11.2. The third-order valence-electron chi connectivity index (χ3n) is 5.23. The van der Waals surface area contributed by atoms with Crippen molar-refractivity contribution in [3.05, 3.63) is 47.5 Å². The maximum Gasteiger partial charge on any atom is 0.573 e. The lowest BCUT2D eigenvalue weighted by molar-refractivity contribution is -0.276. The van der Waals surface area contributed by atoms with E-state index in [-0.39, 0.29) is 22.6 Å². The molecular weight excluding hydrogens is 538 g/mol. The van der Waals surface area contributed by atoms with Gasteiger partial charge in [0, 0.05) is 24.2 Å². The molecule has 2 rings (SSSR count). The summed E-state index contributed by atoms with van der Waals surface area (Å²) in [4.78, 5) is 24.5. The second kappa shape index (κ2) is 14.4. The van der Waals surface area contributed by atoms with Gasteiger partial charge in [-0.1, -0.05) is 19.3 Å². The van der Waals surface area contributed by atoms with Crippen LogP contribution in [0.25, 0.3) is 0 Å². The number of benzene rings is 2. The molecule has 0 saturated heterocycles. The molecule has 0 bridgehead atoms. The molecule has 8 nitrogen and oxygen atoms in total. The highest BCUT2D eigenvalue weighted by molar-refractivity contribution is 5.95. The molecule has 2 aromatic carbocycles. The molecule has 0 aliphatic carbocycles. The zero-order chi connectivity index (χ0) is 29.1. The number of methoxy groups -OCH3 is 2. The number of carbonyl (C=O) groups is 2. The molecule has 2 N–H and O–H groups in total. The average molecular weight is 566 g/mol. The predicted octanol–water partition coefficient (Wildman–Crippen LogP) is 5.61. The molecule has 0 atom stereocenters. The van der Waals surface area contributed by atoms with Crippen LogP contribution in [0, 0.1) is 0 Å². The van der Waals surface area contributed by atoms with Crippen LogP contribution in [0.3, 0.4) is 0 Å². The zero-order valence-corrected chi connectivity index (χ0v) is 21.1. The minimum atomic E-state index is -4.89. The van der Waals surface area contributed by atoms with Crippen LogP contribution in [-0.4, -0.2) is 51.8 Å². The van der Waals surface area contributed by atoms with Gasteiger partial charge >= 0.3 is 12.7 Å². The van der Waals surface area contributed by atoms with Gasteiger partial charge in [0.2, 0.25) is 0 Å². The molecule has 0 radical (unpaired) electrons. The molecule has 0 aliphatic rings. The van der Waals surface area contributed by atoms with Crippen molar-refractivity contribution in [2.45, 2.75) is 44.8 Å². The van der Waals surface area contributed by atoms with Gasteiger partial charge in [-0.15, -0.1) is 26.3 Å². The fourth-order valence-corrected chi connectivity index (χ4v) is 3.42. The number of ether oxygens (including phenoxy) is 4. The largest absolute Gasteiger partial charge is 0.573 e. The summed E-state index contributed by atoms with van der Waals surface area (Å²) >= 11 is 0. The Kier molecular flexibility index (Phi) is 11.5. The van der Waals surface area contributed by atoms with Crippen LogP contribution < -0.4 is 29.6 Å². The first-order chi connectivity index (χ1) is 18.3. The fourth-order valence-electron chi connectivity index (χ4n) is 3.42. The van der Waals surface area contributed by atoms with Gasteiger partial charge in [-0.25, -0.2) is 0 Å². The van der Waals surface area contributed by atoms with Crippen molar-refractivity contribution < 1.29 is 54.9 Å². The molecular formula is C25H28F6N2O6. The lowest BCUT2D eigenvalue weighted by atomic mass is 10.1.